The Morgan fingerprint density at radius 1 is 0.938 bits per heavy atom. The fraction of sp³-hybridized carbons (Fsp3) is 0.0769. The molecule has 0 aliphatic heterocycles. The molecule has 0 unspecified atom stereocenters. The number of nitrogens with zero attached hydrogens (tertiary/aromatic N) is 1. The number of thiol groups is 1. The highest BCUT2D eigenvalue weighted by atomic mass is 32.1. The zero-order chi connectivity index (χ0) is 11.4. The Morgan fingerprint density at radius 3 is 2.31 bits per heavy atom. The van der Waals surface area contributed by atoms with Gasteiger partial charge < -0.3 is 9.04 Å². The van der Waals surface area contributed by atoms with Crippen LogP contribution in [0.25, 0.3) is 0 Å². The van der Waals surface area contributed by atoms with Crippen LogP contribution in [0, 0.1) is 0 Å². The summed E-state index contributed by atoms with van der Waals surface area (Å²) in [7, 11) is 1.88. The van der Waals surface area contributed by atoms with Crippen molar-refractivity contribution in [3.8, 4) is 11.5 Å². The zero-order valence-electron chi connectivity index (χ0n) is 9.00. The molecule has 2 aromatic carbocycles. The van der Waals surface area contributed by atoms with Crippen LogP contribution in [0.3, 0.4) is 0 Å². The Hall–Kier alpha value is -1.61. The van der Waals surface area contributed by atoms with E-state index in [1.807, 2.05) is 61.6 Å². The normalized spacial score (nSPS) is 9.88. The molecule has 2 aromatic rings. The van der Waals surface area contributed by atoms with Gasteiger partial charge in [0.2, 0.25) is 0 Å². The van der Waals surface area contributed by atoms with Gasteiger partial charge in [-0.25, -0.2) is 0 Å². The van der Waals surface area contributed by atoms with E-state index in [4.69, 9.17) is 4.74 Å². The maximum atomic E-state index is 5.71. The van der Waals surface area contributed by atoms with Crippen LogP contribution in [0.1, 0.15) is 0 Å². The Balaban J connectivity index is 2.19. The summed E-state index contributed by atoms with van der Waals surface area (Å²) < 4.78 is 7.46. The largest absolute Gasteiger partial charge is 0.457 e. The number of hydrogen-bond acceptors (Lipinski definition) is 3. The van der Waals surface area contributed by atoms with Gasteiger partial charge in [0.05, 0.1) is 5.69 Å². The SMILES string of the molecule is CN(S)c1cccc(Oc2ccccc2)c1. The van der Waals surface area contributed by atoms with Gasteiger partial charge >= 0.3 is 0 Å². The second kappa shape index (κ2) is 4.94. The Morgan fingerprint density at radius 2 is 1.62 bits per heavy atom. The van der Waals surface area contributed by atoms with Crippen molar-refractivity contribution in [3.63, 3.8) is 0 Å². The highest BCUT2D eigenvalue weighted by Crippen LogP contribution is 2.25. The highest BCUT2D eigenvalue weighted by Gasteiger charge is 2.00. The Bertz CT molecular complexity index is 456. The third-order valence-electron chi connectivity index (χ3n) is 2.17. The minimum atomic E-state index is 0.810. The fourth-order valence-electron chi connectivity index (χ4n) is 1.37. The van der Waals surface area contributed by atoms with Crippen LogP contribution in [-0.4, -0.2) is 7.05 Å². The average Bonchev–Trinajstić information content (AvgIpc) is 2.30. The maximum absolute atomic E-state index is 5.71. The lowest BCUT2D eigenvalue weighted by Gasteiger charge is -2.12. The molecular formula is C13H13NOS. The topological polar surface area (TPSA) is 12.5 Å². The van der Waals surface area contributed by atoms with Crippen molar-refractivity contribution in [1.29, 1.82) is 0 Å². The van der Waals surface area contributed by atoms with E-state index in [1.54, 1.807) is 4.31 Å². The number of anilines is 1. The van der Waals surface area contributed by atoms with Crippen molar-refractivity contribution in [1.82, 2.24) is 0 Å². The molecule has 0 fully saturated rings. The van der Waals surface area contributed by atoms with Crippen molar-refractivity contribution in [2.75, 3.05) is 11.4 Å². The molecule has 0 aliphatic rings. The number of rotatable bonds is 3. The van der Waals surface area contributed by atoms with Gasteiger partial charge in [0.15, 0.2) is 0 Å². The molecule has 2 rings (SSSR count). The molecule has 0 heterocycles. The number of ether oxygens (including phenoxy) is 1. The van der Waals surface area contributed by atoms with Gasteiger partial charge in [-0.3, -0.25) is 0 Å². The van der Waals surface area contributed by atoms with Gasteiger partial charge in [-0.2, -0.15) is 0 Å². The van der Waals surface area contributed by atoms with Crippen LogP contribution >= 0.6 is 12.8 Å². The molecule has 3 heteroatoms. The smallest absolute Gasteiger partial charge is 0.129 e. The lowest BCUT2D eigenvalue weighted by Crippen LogP contribution is -2.00. The van der Waals surface area contributed by atoms with E-state index >= 15 is 0 Å². The van der Waals surface area contributed by atoms with E-state index in [-0.39, 0.29) is 0 Å². The maximum Gasteiger partial charge on any atom is 0.129 e. The third kappa shape index (κ3) is 2.70. The summed E-state index contributed by atoms with van der Waals surface area (Å²) in [6.45, 7) is 0. The monoisotopic (exact) mass is 231 g/mol. The van der Waals surface area contributed by atoms with Crippen molar-refractivity contribution in [2.45, 2.75) is 0 Å². The first-order chi connectivity index (χ1) is 7.75. The van der Waals surface area contributed by atoms with Gasteiger partial charge in [-0.15, -0.1) is 0 Å². The summed E-state index contributed by atoms with van der Waals surface area (Å²) in [6, 6.07) is 17.5. The van der Waals surface area contributed by atoms with Crippen LogP contribution < -0.4 is 9.04 Å². The first-order valence-corrected chi connectivity index (χ1v) is 5.41. The summed E-state index contributed by atoms with van der Waals surface area (Å²) >= 11 is 4.24. The van der Waals surface area contributed by atoms with Gasteiger partial charge in [0.25, 0.3) is 0 Å². The van der Waals surface area contributed by atoms with Crippen molar-refractivity contribution in [2.24, 2.45) is 0 Å². The number of para-hydroxylation sites is 1. The van der Waals surface area contributed by atoms with E-state index in [9.17, 15) is 0 Å². The molecule has 82 valence electrons. The molecule has 0 aliphatic carbocycles. The molecule has 0 spiro atoms. The summed E-state index contributed by atoms with van der Waals surface area (Å²) in [5, 5.41) is 0. The summed E-state index contributed by atoms with van der Waals surface area (Å²) in [6.07, 6.45) is 0. The van der Waals surface area contributed by atoms with Gasteiger partial charge in [-0.1, -0.05) is 37.1 Å². The lowest BCUT2D eigenvalue weighted by atomic mass is 10.3. The molecule has 0 aromatic heterocycles. The van der Waals surface area contributed by atoms with Crippen molar-refractivity contribution in [3.05, 3.63) is 54.6 Å². The second-order valence-electron chi connectivity index (χ2n) is 3.44. The van der Waals surface area contributed by atoms with Crippen LogP contribution in [0.15, 0.2) is 54.6 Å². The Labute approximate surface area is 101 Å². The van der Waals surface area contributed by atoms with E-state index in [1.165, 1.54) is 0 Å². The van der Waals surface area contributed by atoms with Crippen molar-refractivity contribution >= 4 is 18.5 Å². The molecule has 0 amide bonds. The van der Waals surface area contributed by atoms with Crippen LogP contribution in [0.4, 0.5) is 5.69 Å². The Kier molecular flexibility index (Phi) is 3.37. The lowest BCUT2D eigenvalue weighted by molar-refractivity contribution is 0.483. The van der Waals surface area contributed by atoms with E-state index in [0.29, 0.717) is 0 Å². The van der Waals surface area contributed by atoms with E-state index in [0.717, 1.165) is 17.2 Å². The summed E-state index contributed by atoms with van der Waals surface area (Å²) in [5.74, 6) is 1.64. The average molecular weight is 231 g/mol. The molecule has 16 heavy (non-hydrogen) atoms. The predicted octanol–water partition coefficient (Wildman–Crippen LogP) is 3.76. The quantitative estimate of drug-likeness (QED) is 0.807. The van der Waals surface area contributed by atoms with E-state index < -0.39 is 0 Å². The van der Waals surface area contributed by atoms with E-state index in [2.05, 4.69) is 12.8 Å². The standard InChI is InChI=1S/C13H13NOS/c1-14(16)11-6-5-9-13(10-11)15-12-7-3-2-4-8-12/h2-10,16H,1H3. The third-order valence-corrected chi connectivity index (χ3v) is 2.40. The predicted molar refractivity (Wildman–Crippen MR) is 70.3 cm³/mol. The zero-order valence-corrected chi connectivity index (χ0v) is 9.89. The van der Waals surface area contributed by atoms with Gasteiger partial charge in [0, 0.05) is 13.1 Å². The van der Waals surface area contributed by atoms with Gasteiger partial charge in [0.1, 0.15) is 11.5 Å². The number of hydrogen-bond donors (Lipinski definition) is 1. The second-order valence-corrected chi connectivity index (χ2v) is 4.04. The van der Waals surface area contributed by atoms with Crippen molar-refractivity contribution < 1.29 is 4.74 Å². The van der Waals surface area contributed by atoms with Gasteiger partial charge in [-0.05, 0) is 24.3 Å². The molecule has 0 N–H and O–H groups in total. The minimum absolute atomic E-state index is 0.810. The molecule has 2 nitrogen and oxygen atoms in total. The first kappa shape index (κ1) is 10.9. The van der Waals surface area contributed by atoms with Crippen LogP contribution in [-0.2, 0) is 0 Å². The molecule has 0 bridgehead atoms. The minimum Gasteiger partial charge on any atom is -0.457 e. The van der Waals surface area contributed by atoms with Crippen LogP contribution in [0.5, 0.6) is 11.5 Å². The molecule has 0 radical (unpaired) electrons. The molecule has 0 saturated heterocycles. The summed E-state index contributed by atoms with van der Waals surface area (Å²) in [4.78, 5) is 0. The first-order valence-electron chi connectivity index (χ1n) is 5.01. The molecular weight excluding hydrogens is 218 g/mol. The summed E-state index contributed by atoms with van der Waals surface area (Å²) in [5.41, 5.74) is 0.997. The van der Waals surface area contributed by atoms with Crippen LogP contribution in [0.2, 0.25) is 0 Å². The number of benzene rings is 2. The highest BCUT2D eigenvalue weighted by molar-refractivity contribution is 7.81. The molecule has 0 atom stereocenters. The molecule has 0 saturated carbocycles. The fourth-order valence-corrected chi connectivity index (χ4v) is 1.50.